The van der Waals surface area contributed by atoms with Gasteiger partial charge >= 0.3 is 2.85 Å². The highest BCUT2D eigenvalue weighted by Gasteiger charge is 2.27. The molecule has 2 N–H and O–H groups in total. The molecule has 0 rings (SSSR count). The molecule has 0 saturated heterocycles. The number of rotatable bonds is 21. The Labute approximate surface area is 246 Å². The summed E-state index contributed by atoms with van der Waals surface area (Å²) in [6, 6.07) is 0. The Balaban J connectivity index is -0.000000206. The minimum Gasteiger partial charge on any atom is -0.391 e. The van der Waals surface area contributed by atoms with Crippen LogP contribution in [0.4, 0.5) is 0 Å². The topological polar surface area (TPSA) is 248 Å². The molecular weight excluding hydrogens is 546 g/mol. The maximum absolute atomic E-state index is 12.2. The molecule has 0 saturated carbocycles. The summed E-state index contributed by atoms with van der Waals surface area (Å²) in [4.78, 5) is 37.0. The number of nitrogens with one attached hydrogen (secondary N) is 1. The van der Waals surface area contributed by atoms with Gasteiger partial charge in [0.05, 0.1) is 36.0 Å². The molecule has 16 nitrogen and oxygen atoms in total. The Bertz CT molecular complexity index is 612. The first kappa shape index (κ1) is 45.0. The van der Waals surface area contributed by atoms with E-state index in [1.807, 2.05) is 0 Å². The van der Waals surface area contributed by atoms with E-state index in [0.717, 1.165) is 19.3 Å². The molecule has 0 heterocycles. The third-order valence-corrected chi connectivity index (χ3v) is 6.24. The van der Waals surface area contributed by atoms with Crippen molar-refractivity contribution in [2.45, 2.75) is 129 Å². The van der Waals surface area contributed by atoms with Crippen molar-refractivity contribution in [3.8, 4) is 0 Å². The molecular formula is C25H55N5O11. The quantitative estimate of drug-likeness (QED) is 0.0532. The molecule has 41 heavy (non-hydrogen) atoms. The van der Waals surface area contributed by atoms with E-state index in [4.69, 9.17) is 46.0 Å². The van der Waals surface area contributed by atoms with Crippen LogP contribution in [0.2, 0.25) is 0 Å². The number of aliphatic hydroxyl groups is 1. The molecule has 1 unspecified atom stereocenters. The predicted octanol–water partition coefficient (Wildman–Crippen LogP) is 5.68. The summed E-state index contributed by atoms with van der Waals surface area (Å²) in [6.45, 7) is 5.19. The van der Waals surface area contributed by atoms with Gasteiger partial charge in [-0.05, 0) is 6.42 Å². The zero-order valence-electron chi connectivity index (χ0n) is 27.3. The lowest BCUT2D eigenvalue weighted by Gasteiger charge is -2.37. The van der Waals surface area contributed by atoms with E-state index < -0.39 is 15.3 Å². The van der Waals surface area contributed by atoms with Gasteiger partial charge in [-0.1, -0.05) is 104 Å². The third-order valence-electron chi connectivity index (χ3n) is 6.24. The van der Waals surface area contributed by atoms with Crippen molar-refractivity contribution in [2.24, 2.45) is 0 Å². The summed E-state index contributed by atoms with van der Waals surface area (Å²) in [7, 11) is 4.14. The van der Waals surface area contributed by atoms with Gasteiger partial charge in [-0.2, -0.15) is 0 Å². The highest BCUT2D eigenvalue weighted by molar-refractivity contribution is 5.75. The van der Waals surface area contributed by atoms with Crippen LogP contribution in [-0.2, 0) is 4.79 Å². The summed E-state index contributed by atoms with van der Waals surface area (Å²) < 4.78 is 0.637. The first-order valence-electron chi connectivity index (χ1n) is 14.3. The average molecular weight is 602 g/mol. The summed E-state index contributed by atoms with van der Waals surface area (Å²) >= 11 is 0. The van der Waals surface area contributed by atoms with Crippen molar-refractivity contribution in [3.63, 3.8) is 0 Å². The molecule has 0 radical (unpaired) electrons. The van der Waals surface area contributed by atoms with E-state index in [0.29, 0.717) is 17.4 Å². The van der Waals surface area contributed by atoms with Crippen LogP contribution in [0.5, 0.6) is 0 Å². The molecule has 0 aliphatic carbocycles. The van der Waals surface area contributed by atoms with Gasteiger partial charge < -0.3 is 60.9 Å². The van der Waals surface area contributed by atoms with Gasteiger partial charge in [0.15, 0.2) is 6.17 Å². The Morgan fingerprint density at radius 1 is 0.683 bits per heavy atom. The van der Waals surface area contributed by atoms with Crippen LogP contribution in [0, 0.1) is 46.0 Å². The Morgan fingerprint density at radius 2 is 0.976 bits per heavy atom. The van der Waals surface area contributed by atoms with Crippen LogP contribution in [0.25, 0.3) is 0 Å². The Hall–Kier alpha value is -3.01. The first-order valence-corrected chi connectivity index (χ1v) is 14.3. The summed E-state index contributed by atoms with van der Waals surface area (Å²) in [6.07, 6.45) is 21.8. The molecule has 0 aromatic carbocycles. The number of aliphatic hydroxyl groups excluding tert-OH is 1. The van der Waals surface area contributed by atoms with Gasteiger partial charge in [0, 0.05) is 12.8 Å². The van der Waals surface area contributed by atoms with Crippen LogP contribution in [-0.4, -0.2) is 64.2 Å². The lowest BCUT2D eigenvalue weighted by atomic mass is 10.0. The van der Waals surface area contributed by atoms with Crippen LogP contribution in [0.1, 0.15) is 126 Å². The van der Waals surface area contributed by atoms with Gasteiger partial charge in [-0.25, -0.2) is 0 Å². The maximum atomic E-state index is 12.2. The molecule has 0 aliphatic rings. The van der Waals surface area contributed by atoms with Crippen molar-refractivity contribution in [1.29, 1.82) is 0 Å². The number of hydrogen-bond donors (Lipinski definition) is 2. The fourth-order valence-electron chi connectivity index (χ4n) is 4.10. The number of carbonyl (C=O) groups excluding carboxylic acids is 1. The second kappa shape index (κ2) is 33.2. The van der Waals surface area contributed by atoms with E-state index in [1.165, 1.54) is 83.5 Å². The molecule has 0 spiro atoms. The summed E-state index contributed by atoms with van der Waals surface area (Å²) in [5.74, 6) is 0.163. The summed E-state index contributed by atoms with van der Waals surface area (Å²) in [5.41, 5.74) is 0. The summed E-state index contributed by atoms with van der Waals surface area (Å²) in [5, 5.41) is 56.6. The van der Waals surface area contributed by atoms with Crippen LogP contribution in [0.3, 0.4) is 0 Å². The Kier molecular flexibility index (Phi) is 36.4. The van der Waals surface area contributed by atoms with Crippen LogP contribution in [0.15, 0.2) is 0 Å². The second-order valence-corrected chi connectivity index (χ2v) is 10.1. The molecule has 0 fully saturated rings. The Morgan fingerprint density at radius 3 is 1.24 bits per heavy atom. The minimum atomic E-state index is -1.75. The van der Waals surface area contributed by atoms with Crippen molar-refractivity contribution >= 4 is 5.91 Å². The number of amides is 1. The first-order chi connectivity index (χ1) is 19.2. The molecule has 1 amide bonds. The van der Waals surface area contributed by atoms with Gasteiger partial charge in [-0.3, -0.25) is 4.79 Å². The maximum Gasteiger partial charge on any atom is 1.00 e. The number of nitrogens with zero attached hydrogens (tertiary/aromatic N) is 4. The standard InChI is InChI=1S/C25H52N2O2.3NO3/c1-5-7-8-9-10-11-12-13-14-15-16-17-18-19-20-21-25(29)26-24(6-2)27(3,4)22-23-28;3*2-1(3)4/h24,28H,5-23H2,1-4H3;;;/q;3*-1/p+3. The van der Waals surface area contributed by atoms with Crippen molar-refractivity contribution in [3.05, 3.63) is 46.0 Å². The average Bonchev–Trinajstić information content (AvgIpc) is 2.83. The van der Waals surface area contributed by atoms with E-state index in [9.17, 15) is 9.90 Å². The van der Waals surface area contributed by atoms with E-state index >= 15 is 0 Å². The number of quaternary nitrogens is 1. The van der Waals surface area contributed by atoms with Crippen molar-refractivity contribution < 1.29 is 32.5 Å². The fourth-order valence-corrected chi connectivity index (χ4v) is 4.10. The van der Waals surface area contributed by atoms with Crippen LogP contribution >= 0.6 is 0 Å². The largest absolute Gasteiger partial charge is 1.00 e. The SMILES string of the molecule is CCCCCCCCCCCCCCCCCC(=O)NC(CC)[N+](C)(C)CCO.O=[N+]([O-])[O-].O=[N+]([O-])[O-].O=[N+]([O-])[O-].[H+].[H+]. The van der Waals surface area contributed by atoms with E-state index in [2.05, 4.69) is 33.3 Å². The van der Waals surface area contributed by atoms with Gasteiger partial charge in [-0.15, -0.1) is 0 Å². The minimum absolute atomic E-state index is 0. The molecule has 0 aliphatic heterocycles. The zero-order chi connectivity index (χ0) is 32.5. The molecule has 1 atom stereocenters. The van der Waals surface area contributed by atoms with E-state index in [-0.39, 0.29) is 21.5 Å². The van der Waals surface area contributed by atoms with Gasteiger partial charge in [0.25, 0.3) is 0 Å². The second-order valence-electron chi connectivity index (χ2n) is 10.1. The highest BCUT2D eigenvalue weighted by Crippen LogP contribution is 2.14. The lowest BCUT2D eigenvalue weighted by molar-refractivity contribution is -0.917. The van der Waals surface area contributed by atoms with Gasteiger partial charge in [0.1, 0.15) is 6.54 Å². The number of carbonyl (C=O) groups is 1. The number of hydrogen-bond acceptors (Lipinski definition) is 11. The normalized spacial score (nSPS) is 10.9. The number of unbranched alkanes of at least 4 members (excludes halogenated alkanes) is 14. The molecule has 246 valence electrons. The van der Waals surface area contributed by atoms with Crippen LogP contribution < -0.4 is 5.32 Å². The van der Waals surface area contributed by atoms with Crippen molar-refractivity contribution in [2.75, 3.05) is 27.2 Å². The number of likely N-dealkylation sites (N-methyl/N-ethyl adjacent to an activating group) is 1. The monoisotopic (exact) mass is 601 g/mol. The highest BCUT2D eigenvalue weighted by atomic mass is 16.9. The third kappa shape index (κ3) is 50.4. The lowest BCUT2D eigenvalue weighted by Crippen LogP contribution is -2.58. The van der Waals surface area contributed by atoms with E-state index in [1.54, 1.807) is 0 Å². The van der Waals surface area contributed by atoms with Crippen molar-refractivity contribution in [1.82, 2.24) is 5.32 Å². The molecule has 16 heteroatoms. The molecule has 0 bridgehead atoms. The van der Waals surface area contributed by atoms with Gasteiger partial charge in [0.2, 0.25) is 5.91 Å². The fraction of sp³-hybridized carbons (Fsp3) is 0.960. The zero-order valence-corrected chi connectivity index (χ0v) is 25.3. The smallest absolute Gasteiger partial charge is 0.391 e. The molecule has 0 aromatic rings. The predicted molar refractivity (Wildman–Crippen MR) is 159 cm³/mol. The molecule has 0 aromatic heterocycles.